The fourth-order valence-electron chi connectivity index (χ4n) is 2.71. The molecule has 1 aliphatic rings. The Kier molecular flexibility index (Phi) is 10.5. The molecule has 21 heavy (non-hydrogen) atoms. The van der Waals surface area contributed by atoms with Crippen LogP contribution in [0, 0.1) is 5.92 Å². The van der Waals surface area contributed by atoms with Gasteiger partial charge in [-0.1, -0.05) is 26.7 Å². The van der Waals surface area contributed by atoms with Crippen LogP contribution in [0.4, 0.5) is 0 Å². The van der Waals surface area contributed by atoms with Gasteiger partial charge in [-0.05, 0) is 25.3 Å². The minimum Gasteiger partial charge on any atom is -0.358 e. The van der Waals surface area contributed by atoms with Crippen LogP contribution in [0.25, 0.3) is 0 Å². The van der Waals surface area contributed by atoms with Gasteiger partial charge >= 0.3 is 0 Å². The smallest absolute Gasteiger partial charge is 0.0853 e. The van der Waals surface area contributed by atoms with Crippen molar-refractivity contribution in [1.82, 2.24) is 15.5 Å². The number of aliphatic imine (C=N–C) groups is 1. The van der Waals surface area contributed by atoms with Crippen molar-refractivity contribution in [2.45, 2.75) is 45.6 Å². The zero-order valence-corrected chi connectivity index (χ0v) is 14.0. The summed E-state index contributed by atoms with van der Waals surface area (Å²) in [6.45, 7) is 11.4. The highest BCUT2D eigenvalue weighted by Gasteiger charge is 2.17. The van der Waals surface area contributed by atoms with Gasteiger partial charge in [0.25, 0.3) is 0 Å². The largest absolute Gasteiger partial charge is 0.358 e. The van der Waals surface area contributed by atoms with Crippen molar-refractivity contribution < 1.29 is 0 Å². The molecule has 0 fully saturated rings. The van der Waals surface area contributed by atoms with Crippen LogP contribution in [0.15, 0.2) is 4.99 Å². The van der Waals surface area contributed by atoms with E-state index in [0.29, 0.717) is 12.6 Å². The van der Waals surface area contributed by atoms with Gasteiger partial charge in [0.1, 0.15) is 0 Å². The first-order valence-corrected chi connectivity index (χ1v) is 8.61. The van der Waals surface area contributed by atoms with Gasteiger partial charge in [0.2, 0.25) is 0 Å². The Labute approximate surface area is 130 Å². The fraction of sp³-hybridized carbons (Fsp3) is 0.938. The summed E-state index contributed by atoms with van der Waals surface area (Å²) in [7, 11) is 0. The summed E-state index contributed by atoms with van der Waals surface area (Å²) < 4.78 is 0. The van der Waals surface area contributed by atoms with E-state index in [9.17, 15) is 0 Å². The average Bonchev–Trinajstić information content (AvgIpc) is 2.98. The predicted molar refractivity (Wildman–Crippen MR) is 92.0 cm³/mol. The molecule has 0 saturated carbocycles. The molecule has 0 aromatic rings. The molecule has 0 saturated heterocycles. The van der Waals surface area contributed by atoms with E-state index in [1.165, 1.54) is 25.7 Å². The molecule has 0 aliphatic carbocycles. The van der Waals surface area contributed by atoms with Crippen molar-refractivity contribution in [3.05, 3.63) is 0 Å². The number of hydrogen-bond donors (Lipinski definition) is 3. The van der Waals surface area contributed by atoms with Crippen LogP contribution in [-0.4, -0.2) is 63.1 Å². The maximum absolute atomic E-state index is 5.45. The summed E-state index contributed by atoms with van der Waals surface area (Å²) in [5.41, 5.74) is 5.45. The zero-order chi connectivity index (χ0) is 15.3. The Morgan fingerprint density at radius 1 is 1.10 bits per heavy atom. The molecule has 0 amide bonds. The quantitative estimate of drug-likeness (QED) is 0.445. The van der Waals surface area contributed by atoms with E-state index in [0.717, 1.165) is 45.2 Å². The third-order valence-corrected chi connectivity index (χ3v) is 3.96. The highest BCUT2D eigenvalue weighted by atomic mass is 15.2. The molecule has 0 radical (unpaired) electrons. The monoisotopic (exact) mass is 297 g/mol. The maximum atomic E-state index is 5.45. The molecule has 124 valence electrons. The molecule has 1 atom stereocenters. The standard InChI is InChI=1S/C16H35N5/c1-15(2)4-3-5-16(21-13-12-20-14-21)6-8-18-10-11-19-9-7-17/h14-16,18-19H,3-13,17H2,1-2H3. The van der Waals surface area contributed by atoms with Crippen LogP contribution in [0.1, 0.15) is 39.5 Å². The number of nitrogens with zero attached hydrogens (tertiary/aromatic N) is 2. The molecule has 0 bridgehead atoms. The Bertz CT molecular complexity index is 267. The molecule has 4 N–H and O–H groups in total. The molecule has 0 spiro atoms. The summed E-state index contributed by atoms with van der Waals surface area (Å²) in [4.78, 5) is 6.80. The lowest BCUT2D eigenvalue weighted by Crippen LogP contribution is -2.37. The molecule has 5 heteroatoms. The van der Waals surface area contributed by atoms with Crippen LogP contribution >= 0.6 is 0 Å². The molecule has 5 nitrogen and oxygen atoms in total. The minimum atomic E-state index is 0.652. The summed E-state index contributed by atoms with van der Waals surface area (Å²) >= 11 is 0. The fourth-order valence-corrected chi connectivity index (χ4v) is 2.71. The average molecular weight is 297 g/mol. The second kappa shape index (κ2) is 12.0. The molecule has 1 rings (SSSR count). The molecular weight excluding hydrogens is 262 g/mol. The zero-order valence-electron chi connectivity index (χ0n) is 14.0. The van der Waals surface area contributed by atoms with E-state index < -0.39 is 0 Å². The van der Waals surface area contributed by atoms with Gasteiger partial charge in [-0.2, -0.15) is 0 Å². The number of hydrogen-bond acceptors (Lipinski definition) is 5. The molecule has 0 aromatic carbocycles. The third kappa shape index (κ3) is 9.06. The van der Waals surface area contributed by atoms with Gasteiger partial charge in [-0.15, -0.1) is 0 Å². The number of nitrogens with one attached hydrogen (secondary N) is 2. The summed E-state index contributed by atoms with van der Waals surface area (Å²) in [5, 5.41) is 6.83. The van der Waals surface area contributed by atoms with Gasteiger partial charge in [-0.3, -0.25) is 4.99 Å². The predicted octanol–water partition coefficient (Wildman–Crippen LogP) is 1.05. The van der Waals surface area contributed by atoms with Crippen molar-refractivity contribution in [3.8, 4) is 0 Å². The Hall–Kier alpha value is -0.650. The van der Waals surface area contributed by atoms with Gasteiger partial charge < -0.3 is 21.3 Å². The highest BCUT2D eigenvalue weighted by Crippen LogP contribution is 2.15. The van der Waals surface area contributed by atoms with E-state index >= 15 is 0 Å². The van der Waals surface area contributed by atoms with Crippen molar-refractivity contribution in [2.24, 2.45) is 16.6 Å². The lowest BCUT2D eigenvalue weighted by molar-refractivity contribution is 0.292. The summed E-state index contributed by atoms with van der Waals surface area (Å²) in [5.74, 6) is 0.810. The van der Waals surface area contributed by atoms with Crippen molar-refractivity contribution in [1.29, 1.82) is 0 Å². The molecular formula is C16H35N5. The lowest BCUT2D eigenvalue weighted by atomic mass is 10.0. The highest BCUT2D eigenvalue weighted by molar-refractivity contribution is 5.57. The van der Waals surface area contributed by atoms with Crippen LogP contribution in [-0.2, 0) is 0 Å². The number of nitrogens with two attached hydrogens (primary N) is 1. The van der Waals surface area contributed by atoms with Crippen LogP contribution in [0.2, 0.25) is 0 Å². The van der Waals surface area contributed by atoms with Crippen molar-refractivity contribution in [2.75, 3.05) is 45.8 Å². The molecule has 0 aromatic heterocycles. The molecule has 1 unspecified atom stereocenters. The van der Waals surface area contributed by atoms with Gasteiger partial charge in [0.05, 0.1) is 12.9 Å². The first-order chi connectivity index (χ1) is 10.2. The molecule has 1 heterocycles. The minimum absolute atomic E-state index is 0.652. The third-order valence-electron chi connectivity index (χ3n) is 3.96. The van der Waals surface area contributed by atoms with Gasteiger partial charge in [0, 0.05) is 38.8 Å². The second-order valence-corrected chi connectivity index (χ2v) is 6.32. The summed E-state index contributed by atoms with van der Waals surface area (Å²) in [6, 6.07) is 0.652. The summed E-state index contributed by atoms with van der Waals surface area (Å²) in [6.07, 6.45) is 7.21. The van der Waals surface area contributed by atoms with Crippen LogP contribution in [0.3, 0.4) is 0 Å². The SMILES string of the molecule is CC(C)CCCC(CCNCCNCCN)N1C=NCC1. The Balaban J connectivity index is 2.14. The van der Waals surface area contributed by atoms with Crippen molar-refractivity contribution in [3.63, 3.8) is 0 Å². The van der Waals surface area contributed by atoms with Crippen molar-refractivity contribution >= 4 is 6.34 Å². The van der Waals surface area contributed by atoms with E-state index in [2.05, 4.69) is 40.7 Å². The Morgan fingerprint density at radius 2 is 1.86 bits per heavy atom. The van der Waals surface area contributed by atoms with E-state index in [1.807, 2.05) is 0 Å². The maximum Gasteiger partial charge on any atom is 0.0853 e. The Morgan fingerprint density at radius 3 is 2.48 bits per heavy atom. The van der Waals surface area contributed by atoms with E-state index in [4.69, 9.17) is 5.73 Å². The van der Waals surface area contributed by atoms with E-state index in [1.54, 1.807) is 0 Å². The van der Waals surface area contributed by atoms with E-state index in [-0.39, 0.29) is 0 Å². The first kappa shape index (κ1) is 18.4. The van der Waals surface area contributed by atoms with Gasteiger partial charge in [-0.25, -0.2) is 0 Å². The first-order valence-electron chi connectivity index (χ1n) is 8.61. The van der Waals surface area contributed by atoms with Crippen LogP contribution < -0.4 is 16.4 Å². The lowest BCUT2D eigenvalue weighted by Gasteiger charge is -2.27. The normalized spacial score (nSPS) is 16.1. The van der Waals surface area contributed by atoms with Crippen LogP contribution in [0.5, 0.6) is 0 Å². The second-order valence-electron chi connectivity index (χ2n) is 6.32. The molecule has 1 aliphatic heterocycles. The number of rotatable bonds is 13. The topological polar surface area (TPSA) is 65.7 Å². The van der Waals surface area contributed by atoms with Gasteiger partial charge in [0.15, 0.2) is 0 Å².